The molecule has 3 N–H and O–H groups in total. The van der Waals surface area contributed by atoms with Gasteiger partial charge in [0.2, 0.25) is 5.89 Å². The zero-order valence-corrected chi connectivity index (χ0v) is 8.24. The van der Waals surface area contributed by atoms with Gasteiger partial charge < -0.3 is 15.3 Å². The van der Waals surface area contributed by atoms with Crippen molar-refractivity contribution in [2.24, 2.45) is 5.73 Å². The standard InChI is InChI=1S/C9H16N2O2/c1-4-9(3,12)7(10)8-11-6(2)5-13-8/h5,7,12H,4,10H2,1-3H3. The number of aromatic nitrogens is 1. The van der Waals surface area contributed by atoms with Crippen LogP contribution in [0.15, 0.2) is 10.7 Å². The molecule has 0 fully saturated rings. The number of nitrogens with zero attached hydrogens (tertiary/aromatic N) is 1. The maximum Gasteiger partial charge on any atom is 0.214 e. The fourth-order valence-corrected chi connectivity index (χ4v) is 1.00. The molecule has 2 unspecified atom stereocenters. The Labute approximate surface area is 77.8 Å². The van der Waals surface area contributed by atoms with E-state index in [1.807, 2.05) is 13.8 Å². The van der Waals surface area contributed by atoms with E-state index in [0.717, 1.165) is 5.69 Å². The van der Waals surface area contributed by atoms with Crippen LogP contribution in [0.1, 0.15) is 37.9 Å². The van der Waals surface area contributed by atoms with Gasteiger partial charge in [-0.1, -0.05) is 6.92 Å². The summed E-state index contributed by atoms with van der Waals surface area (Å²) in [6.07, 6.45) is 2.09. The van der Waals surface area contributed by atoms with Gasteiger partial charge in [-0.05, 0) is 20.3 Å². The molecule has 0 bridgehead atoms. The van der Waals surface area contributed by atoms with E-state index in [-0.39, 0.29) is 0 Å². The molecule has 0 aliphatic carbocycles. The van der Waals surface area contributed by atoms with E-state index < -0.39 is 11.6 Å². The zero-order valence-electron chi connectivity index (χ0n) is 8.24. The van der Waals surface area contributed by atoms with Gasteiger partial charge in [0.25, 0.3) is 0 Å². The summed E-state index contributed by atoms with van der Waals surface area (Å²) in [5, 5.41) is 9.83. The first-order valence-electron chi connectivity index (χ1n) is 4.37. The smallest absolute Gasteiger partial charge is 0.214 e. The Morgan fingerprint density at radius 3 is 2.77 bits per heavy atom. The van der Waals surface area contributed by atoms with Crippen LogP contribution in [-0.4, -0.2) is 15.7 Å². The number of nitrogens with two attached hydrogens (primary N) is 1. The number of hydrogen-bond donors (Lipinski definition) is 2. The zero-order chi connectivity index (χ0) is 10.1. The van der Waals surface area contributed by atoms with E-state index in [1.54, 1.807) is 6.92 Å². The lowest BCUT2D eigenvalue weighted by atomic mass is 9.94. The van der Waals surface area contributed by atoms with E-state index in [2.05, 4.69) is 4.98 Å². The van der Waals surface area contributed by atoms with Gasteiger partial charge >= 0.3 is 0 Å². The highest BCUT2D eigenvalue weighted by Gasteiger charge is 2.31. The molecule has 0 amide bonds. The number of hydrogen-bond acceptors (Lipinski definition) is 4. The molecule has 1 rings (SSSR count). The Kier molecular flexibility index (Phi) is 2.73. The van der Waals surface area contributed by atoms with E-state index in [4.69, 9.17) is 10.2 Å². The summed E-state index contributed by atoms with van der Waals surface area (Å²) in [6.45, 7) is 5.37. The van der Waals surface area contributed by atoms with Crippen molar-refractivity contribution in [3.05, 3.63) is 17.8 Å². The average Bonchev–Trinajstić information content (AvgIpc) is 2.50. The molecule has 4 heteroatoms. The molecule has 0 spiro atoms. The first kappa shape index (κ1) is 10.2. The lowest BCUT2D eigenvalue weighted by Crippen LogP contribution is -2.37. The van der Waals surface area contributed by atoms with Crippen LogP contribution < -0.4 is 5.73 Å². The SMILES string of the molecule is CCC(C)(O)C(N)c1nc(C)co1. The normalized spacial score (nSPS) is 18.2. The van der Waals surface area contributed by atoms with Crippen LogP contribution in [-0.2, 0) is 0 Å². The summed E-state index contributed by atoms with van der Waals surface area (Å²) in [6, 6.07) is -0.564. The molecule has 0 saturated carbocycles. The van der Waals surface area contributed by atoms with Gasteiger partial charge in [-0.15, -0.1) is 0 Å². The summed E-state index contributed by atoms with van der Waals surface area (Å²) in [5.74, 6) is 0.393. The van der Waals surface area contributed by atoms with Crippen molar-refractivity contribution in [1.82, 2.24) is 4.98 Å². The molecule has 0 aromatic carbocycles. The average molecular weight is 184 g/mol. The van der Waals surface area contributed by atoms with Gasteiger partial charge in [0.1, 0.15) is 12.3 Å². The van der Waals surface area contributed by atoms with Crippen molar-refractivity contribution < 1.29 is 9.52 Å². The third-order valence-electron chi connectivity index (χ3n) is 2.29. The maximum atomic E-state index is 9.83. The van der Waals surface area contributed by atoms with Crippen molar-refractivity contribution in [2.45, 2.75) is 38.8 Å². The van der Waals surface area contributed by atoms with Crippen molar-refractivity contribution >= 4 is 0 Å². The third-order valence-corrected chi connectivity index (χ3v) is 2.29. The molecule has 13 heavy (non-hydrogen) atoms. The van der Waals surface area contributed by atoms with Gasteiger partial charge in [0.05, 0.1) is 11.3 Å². The quantitative estimate of drug-likeness (QED) is 0.739. The molecular weight excluding hydrogens is 168 g/mol. The highest BCUT2D eigenvalue weighted by Crippen LogP contribution is 2.25. The molecular formula is C9H16N2O2. The minimum Gasteiger partial charge on any atom is -0.447 e. The second kappa shape index (κ2) is 3.47. The molecule has 1 heterocycles. The molecule has 1 aromatic rings. The van der Waals surface area contributed by atoms with Crippen LogP contribution in [0.2, 0.25) is 0 Å². The Balaban J connectivity index is 2.84. The van der Waals surface area contributed by atoms with Gasteiger partial charge in [-0.3, -0.25) is 0 Å². The molecule has 1 aromatic heterocycles. The first-order valence-corrected chi connectivity index (χ1v) is 4.37. The number of aryl methyl sites for hydroxylation is 1. The van der Waals surface area contributed by atoms with E-state index in [0.29, 0.717) is 12.3 Å². The largest absolute Gasteiger partial charge is 0.447 e. The Hall–Kier alpha value is -0.870. The summed E-state index contributed by atoms with van der Waals surface area (Å²) in [7, 11) is 0. The Bertz CT molecular complexity index is 281. The number of oxazole rings is 1. The minimum atomic E-state index is -0.961. The van der Waals surface area contributed by atoms with Gasteiger partial charge in [-0.2, -0.15) is 0 Å². The van der Waals surface area contributed by atoms with Crippen LogP contribution in [0.3, 0.4) is 0 Å². The number of rotatable bonds is 3. The molecule has 0 saturated heterocycles. The second-order valence-corrected chi connectivity index (χ2v) is 3.52. The first-order chi connectivity index (χ1) is 5.97. The fourth-order valence-electron chi connectivity index (χ4n) is 1.00. The van der Waals surface area contributed by atoms with Gasteiger partial charge in [0, 0.05) is 0 Å². The molecule has 0 aliphatic rings. The van der Waals surface area contributed by atoms with Crippen LogP contribution in [0, 0.1) is 6.92 Å². The van der Waals surface area contributed by atoms with Crippen molar-refractivity contribution in [3.8, 4) is 0 Å². The minimum absolute atomic E-state index is 0.393. The summed E-state index contributed by atoms with van der Waals surface area (Å²) in [4.78, 5) is 4.07. The van der Waals surface area contributed by atoms with E-state index in [1.165, 1.54) is 6.26 Å². The topological polar surface area (TPSA) is 72.3 Å². The predicted octanol–water partition coefficient (Wildman–Crippen LogP) is 1.14. The highest BCUT2D eigenvalue weighted by atomic mass is 16.3. The van der Waals surface area contributed by atoms with Crippen molar-refractivity contribution in [1.29, 1.82) is 0 Å². The molecule has 0 radical (unpaired) electrons. The summed E-state index contributed by atoms with van der Waals surface area (Å²) in [5.41, 5.74) is 5.60. The van der Waals surface area contributed by atoms with Crippen LogP contribution in [0.4, 0.5) is 0 Å². The maximum absolute atomic E-state index is 9.83. The monoisotopic (exact) mass is 184 g/mol. The van der Waals surface area contributed by atoms with Crippen LogP contribution in [0.25, 0.3) is 0 Å². The van der Waals surface area contributed by atoms with E-state index in [9.17, 15) is 5.11 Å². The van der Waals surface area contributed by atoms with E-state index >= 15 is 0 Å². The second-order valence-electron chi connectivity index (χ2n) is 3.52. The Morgan fingerprint density at radius 1 is 1.77 bits per heavy atom. The molecule has 4 nitrogen and oxygen atoms in total. The van der Waals surface area contributed by atoms with Crippen LogP contribution >= 0.6 is 0 Å². The highest BCUT2D eigenvalue weighted by molar-refractivity contribution is 5.02. The van der Waals surface area contributed by atoms with Gasteiger partial charge in [0.15, 0.2) is 0 Å². The van der Waals surface area contributed by atoms with Gasteiger partial charge in [-0.25, -0.2) is 4.98 Å². The molecule has 74 valence electrons. The van der Waals surface area contributed by atoms with Crippen molar-refractivity contribution in [3.63, 3.8) is 0 Å². The van der Waals surface area contributed by atoms with Crippen LogP contribution in [0.5, 0.6) is 0 Å². The summed E-state index contributed by atoms with van der Waals surface area (Å²) < 4.78 is 5.12. The third kappa shape index (κ3) is 2.08. The lowest BCUT2D eigenvalue weighted by molar-refractivity contribution is 0.0199. The molecule has 0 aliphatic heterocycles. The summed E-state index contributed by atoms with van der Waals surface area (Å²) >= 11 is 0. The number of aliphatic hydroxyl groups is 1. The fraction of sp³-hybridized carbons (Fsp3) is 0.667. The molecule has 2 atom stereocenters. The lowest BCUT2D eigenvalue weighted by Gasteiger charge is -2.26. The van der Waals surface area contributed by atoms with Crippen molar-refractivity contribution in [2.75, 3.05) is 0 Å². The Morgan fingerprint density at radius 2 is 2.38 bits per heavy atom. The predicted molar refractivity (Wildman–Crippen MR) is 49.1 cm³/mol.